The molecule has 0 aliphatic heterocycles. The van der Waals surface area contributed by atoms with Gasteiger partial charge in [0.25, 0.3) is 0 Å². The first-order valence-corrected chi connectivity index (χ1v) is 19.4. The van der Waals surface area contributed by atoms with E-state index in [4.69, 9.17) is 21.1 Å². The van der Waals surface area contributed by atoms with Crippen LogP contribution in [0.4, 0.5) is 0 Å². The largest absolute Gasteiger partial charge is 0.462 e. The highest BCUT2D eigenvalue weighted by atomic mass is 35.5. The number of hydrogen-bond donors (Lipinski definition) is 0. The number of unbranched alkanes of at least 4 members (excludes halogenated alkanes) is 22. The summed E-state index contributed by atoms with van der Waals surface area (Å²) >= 11 is 5.96. The third kappa shape index (κ3) is 33.6. The molecule has 44 heavy (non-hydrogen) atoms. The smallest absolute Gasteiger partial charge is 0.306 e. The van der Waals surface area contributed by atoms with Gasteiger partial charge in [-0.15, -0.1) is 11.6 Å². The maximum Gasteiger partial charge on any atom is 0.306 e. The van der Waals surface area contributed by atoms with Gasteiger partial charge in [0, 0.05) is 12.8 Å². The van der Waals surface area contributed by atoms with Crippen LogP contribution >= 0.6 is 11.6 Å². The van der Waals surface area contributed by atoms with Crippen LogP contribution in [0.5, 0.6) is 0 Å². The van der Waals surface area contributed by atoms with Crippen molar-refractivity contribution in [2.45, 2.75) is 200 Å². The Labute approximate surface area is 278 Å². The molecule has 0 aromatic carbocycles. The van der Waals surface area contributed by atoms with Gasteiger partial charge < -0.3 is 9.47 Å². The van der Waals surface area contributed by atoms with E-state index in [1.54, 1.807) is 0 Å². The Balaban J connectivity index is 3.58. The molecule has 4 nitrogen and oxygen atoms in total. The van der Waals surface area contributed by atoms with E-state index >= 15 is 0 Å². The predicted molar refractivity (Wildman–Crippen MR) is 190 cm³/mol. The van der Waals surface area contributed by atoms with E-state index in [1.165, 1.54) is 116 Å². The number of halogens is 1. The Kier molecular flexibility index (Phi) is 35.1. The zero-order valence-electron chi connectivity index (χ0n) is 29.1. The lowest BCUT2D eigenvalue weighted by molar-refractivity contribution is -0.157. The van der Waals surface area contributed by atoms with Gasteiger partial charge in [-0.1, -0.05) is 141 Å². The fraction of sp³-hybridized carbons (Fsp3) is 0.846. The molecule has 0 heterocycles. The molecule has 0 saturated heterocycles. The Hall–Kier alpha value is -1.29. The number of allylic oxidation sites excluding steroid dienone is 4. The fourth-order valence-corrected chi connectivity index (χ4v) is 5.45. The van der Waals surface area contributed by atoms with E-state index in [1.807, 2.05) is 0 Å². The normalized spacial score (nSPS) is 12.3. The quantitative estimate of drug-likeness (QED) is 0.0304. The van der Waals surface area contributed by atoms with E-state index in [0.717, 1.165) is 51.4 Å². The molecule has 5 heteroatoms. The summed E-state index contributed by atoms with van der Waals surface area (Å²) in [5.74, 6) is -0.341. The van der Waals surface area contributed by atoms with Crippen LogP contribution < -0.4 is 0 Å². The summed E-state index contributed by atoms with van der Waals surface area (Å²) in [5.41, 5.74) is 0. The molecule has 0 aliphatic carbocycles. The van der Waals surface area contributed by atoms with Crippen LogP contribution in [0.1, 0.15) is 194 Å². The van der Waals surface area contributed by atoms with Crippen molar-refractivity contribution in [1.82, 2.24) is 0 Å². The summed E-state index contributed by atoms with van der Waals surface area (Å²) in [6.45, 7) is 4.57. The lowest BCUT2D eigenvalue weighted by atomic mass is 10.1. The van der Waals surface area contributed by atoms with Crippen molar-refractivity contribution in [3.63, 3.8) is 0 Å². The monoisotopic (exact) mass is 639 g/mol. The van der Waals surface area contributed by atoms with Crippen molar-refractivity contribution in [1.29, 1.82) is 0 Å². The summed E-state index contributed by atoms with van der Waals surface area (Å²) in [6.07, 6.45) is 41.5. The molecule has 1 atom stereocenters. The Morgan fingerprint density at radius 2 is 0.841 bits per heavy atom. The number of esters is 2. The lowest BCUT2D eigenvalue weighted by Crippen LogP contribution is -2.26. The molecule has 0 aliphatic rings. The predicted octanol–water partition coefficient (Wildman–Crippen LogP) is 12.8. The third-order valence-corrected chi connectivity index (χ3v) is 8.53. The molecule has 0 fully saturated rings. The van der Waals surface area contributed by atoms with Crippen molar-refractivity contribution < 1.29 is 19.1 Å². The van der Waals surface area contributed by atoms with Gasteiger partial charge in [-0.2, -0.15) is 0 Å². The first-order chi connectivity index (χ1) is 21.6. The molecule has 0 radical (unpaired) electrons. The lowest BCUT2D eigenvalue weighted by Gasteiger charge is -2.15. The van der Waals surface area contributed by atoms with Crippen molar-refractivity contribution in [2.75, 3.05) is 12.5 Å². The fourth-order valence-electron chi connectivity index (χ4n) is 5.29. The summed E-state index contributed by atoms with van der Waals surface area (Å²) in [5, 5.41) is 0. The Morgan fingerprint density at radius 1 is 0.500 bits per heavy atom. The molecular formula is C39H71ClO4. The minimum atomic E-state index is -0.564. The highest BCUT2D eigenvalue weighted by molar-refractivity contribution is 6.18. The van der Waals surface area contributed by atoms with Crippen LogP contribution in [0.25, 0.3) is 0 Å². The minimum absolute atomic E-state index is 0.0471. The second kappa shape index (κ2) is 36.2. The summed E-state index contributed by atoms with van der Waals surface area (Å²) in [4.78, 5) is 24.3. The van der Waals surface area contributed by atoms with Gasteiger partial charge in [0.2, 0.25) is 0 Å². The molecule has 1 unspecified atom stereocenters. The summed E-state index contributed by atoms with van der Waals surface area (Å²) in [6, 6.07) is 0. The first kappa shape index (κ1) is 42.7. The number of alkyl halides is 1. The van der Waals surface area contributed by atoms with Gasteiger partial charge in [-0.05, 0) is 64.2 Å². The molecule has 0 aromatic rings. The summed E-state index contributed by atoms with van der Waals surface area (Å²) < 4.78 is 10.8. The van der Waals surface area contributed by atoms with Crippen LogP contribution in [0.2, 0.25) is 0 Å². The molecular weight excluding hydrogens is 568 g/mol. The molecule has 0 saturated carbocycles. The number of carbonyl (C=O) groups is 2. The number of carbonyl (C=O) groups excluding carboxylic acids is 2. The van der Waals surface area contributed by atoms with Gasteiger partial charge in [-0.3, -0.25) is 9.59 Å². The number of rotatable bonds is 34. The SMILES string of the molecule is CCCCCCCC/C=C\CCCCCCCC(=O)OCC(CCl)OC(=O)CCCCCCC/C=C\CCCCCCCC. The van der Waals surface area contributed by atoms with Gasteiger partial charge in [0.15, 0.2) is 0 Å². The first-order valence-electron chi connectivity index (χ1n) is 18.8. The van der Waals surface area contributed by atoms with Gasteiger partial charge >= 0.3 is 11.9 Å². The number of ether oxygens (including phenoxy) is 2. The van der Waals surface area contributed by atoms with Crippen LogP contribution in [0.3, 0.4) is 0 Å². The van der Waals surface area contributed by atoms with Crippen LogP contribution in [-0.2, 0) is 19.1 Å². The molecule has 0 rings (SSSR count). The van der Waals surface area contributed by atoms with Crippen LogP contribution in [0, 0.1) is 0 Å². The maximum atomic E-state index is 12.2. The molecule has 0 aromatic heterocycles. The summed E-state index contributed by atoms with van der Waals surface area (Å²) in [7, 11) is 0. The molecule has 258 valence electrons. The Bertz CT molecular complexity index is 675. The maximum absolute atomic E-state index is 12.2. The average Bonchev–Trinajstić information content (AvgIpc) is 3.02. The van der Waals surface area contributed by atoms with Crippen LogP contribution in [-0.4, -0.2) is 30.5 Å². The van der Waals surface area contributed by atoms with Crippen molar-refractivity contribution in [3.05, 3.63) is 24.3 Å². The van der Waals surface area contributed by atoms with Crippen molar-refractivity contribution in [3.8, 4) is 0 Å². The van der Waals surface area contributed by atoms with Gasteiger partial charge in [-0.25, -0.2) is 0 Å². The standard InChI is InChI=1S/C39H71ClO4/c1-3-5-7-9-11-13-15-17-19-21-23-25-27-29-31-33-38(41)43-36-37(35-40)44-39(42)34-32-30-28-26-24-22-20-18-16-14-12-10-8-6-4-2/h17-20,37H,3-16,21-36H2,1-2H3/b19-17-,20-18-. The zero-order chi connectivity index (χ0) is 32.2. The van der Waals surface area contributed by atoms with Crippen molar-refractivity contribution >= 4 is 23.5 Å². The molecule has 0 bridgehead atoms. The third-order valence-electron chi connectivity index (χ3n) is 8.19. The van der Waals surface area contributed by atoms with E-state index in [9.17, 15) is 9.59 Å². The van der Waals surface area contributed by atoms with Gasteiger partial charge in [0.1, 0.15) is 12.7 Å². The van der Waals surface area contributed by atoms with E-state index < -0.39 is 6.10 Å². The molecule has 0 amide bonds. The second-order valence-electron chi connectivity index (χ2n) is 12.6. The van der Waals surface area contributed by atoms with E-state index in [2.05, 4.69) is 38.2 Å². The van der Waals surface area contributed by atoms with Crippen molar-refractivity contribution in [2.24, 2.45) is 0 Å². The van der Waals surface area contributed by atoms with Gasteiger partial charge in [0.05, 0.1) is 5.88 Å². The Morgan fingerprint density at radius 3 is 1.23 bits per heavy atom. The average molecular weight is 639 g/mol. The highest BCUT2D eigenvalue weighted by Crippen LogP contribution is 2.13. The molecule has 0 N–H and O–H groups in total. The van der Waals surface area contributed by atoms with E-state index in [-0.39, 0.29) is 24.4 Å². The molecule has 0 spiro atoms. The number of hydrogen-bond acceptors (Lipinski definition) is 4. The zero-order valence-corrected chi connectivity index (χ0v) is 29.9. The topological polar surface area (TPSA) is 52.6 Å². The second-order valence-corrected chi connectivity index (χ2v) is 12.9. The highest BCUT2D eigenvalue weighted by Gasteiger charge is 2.16. The van der Waals surface area contributed by atoms with Crippen LogP contribution in [0.15, 0.2) is 24.3 Å². The van der Waals surface area contributed by atoms with E-state index in [0.29, 0.717) is 12.8 Å². The minimum Gasteiger partial charge on any atom is -0.462 e.